The van der Waals surface area contributed by atoms with Crippen LogP contribution in [0.15, 0.2) is 6.07 Å². The second kappa shape index (κ2) is 3.77. The van der Waals surface area contributed by atoms with Crippen molar-refractivity contribution in [2.24, 2.45) is 0 Å². The van der Waals surface area contributed by atoms with Crippen LogP contribution in [0.3, 0.4) is 0 Å². The number of benzene rings is 1. The molecular formula is C12H14N2O2S. The quantitative estimate of drug-likeness (QED) is 0.845. The average molecular weight is 250 g/mol. The molecule has 4 nitrogen and oxygen atoms in total. The van der Waals surface area contributed by atoms with Crippen LogP contribution in [0.1, 0.15) is 18.9 Å². The molecule has 1 aliphatic heterocycles. The Morgan fingerprint density at radius 3 is 3.18 bits per heavy atom. The van der Waals surface area contributed by atoms with Crippen LogP contribution in [0.4, 0.5) is 5.13 Å². The largest absolute Gasteiger partial charge is 0.484 e. The molecule has 0 aliphatic carbocycles. The standard InChI is InChI=1S/C12H14N2O2S/c1-3-7-5-15-10-8(16-7)4-6(2)9-11(10)17-12(13)14-9/h4,7H,3,5H2,1-2H3,(H2,13,14). The molecule has 1 aromatic carbocycles. The van der Waals surface area contributed by atoms with Crippen molar-refractivity contribution in [3.8, 4) is 11.5 Å². The van der Waals surface area contributed by atoms with Crippen LogP contribution in [0.5, 0.6) is 11.5 Å². The highest BCUT2D eigenvalue weighted by atomic mass is 32.1. The third kappa shape index (κ3) is 1.61. The van der Waals surface area contributed by atoms with E-state index >= 15 is 0 Å². The van der Waals surface area contributed by atoms with Crippen molar-refractivity contribution in [3.63, 3.8) is 0 Å². The number of nitrogens with two attached hydrogens (primary N) is 1. The van der Waals surface area contributed by atoms with Gasteiger partial charge < -0.3 is 15.2 Å². The summed E-state index contributed by atoms with van der Waals surface area (Å²) in [5, 5.41) is 0.567. The van der Waals surface area contributed by atoms with E-state index in [0.29, 0.717) is 11.7 Å². The Hall–Kier alpha value is -1.49. The number of hydrogen-bond acceptors (Lipinski definition) is 5. The number of nitrogens with zero attached hydrogens (tertiary/aromatic N) is 1. The Bertz CT molecular complexity index is 579. The van der Waals surface area contributed by atoms with Gasteiger partial charge in [0.25, 0.3) is 0 Å². The lowest BCUT2D eigenvalue weighted by Gasteiger charge is -2.26. The molecule has 1 atom stereocenters. The van der Waals surface area contributed by atoms with Crippen LogP contribution >= 0.6 is 11.3 Å². The molecule has 0 radical (unpaired) electrons. The van der Waals surface area contributed by atoms with Crippen molar-refractivity contribution >= 4 is 26.7 Å². The van der Waals surface area contributed by atoms with Crippen LogP contribution < -0.4 is 15.2 Å². The van der Waals surface area contributed by atoms with E-state index in [2.05, 4.69) is 11.9 Å². The molecule has 0 spiro atoms. The maximum atomic E-state index is 5.89. The van der Waals surface area contributed by atoms with E-state index in [1.54, 1.807) is 0 Å². The van der Waals surface area contributed by atoms with E-state index < -0.39 is 0 Å². The first-order valence-corrected chi connectivity index (χ1v) is 6.49. The van der Waals surface area contributed by atoms with Crippen LogP contribution in [0.25, 0.3) is 10.2 Å². The topological polar surface area (TPSA) is 57.4 Å². The smallest absolute Gasteiger partial charge is 0.181 e. The zero-order valence-electron chi connectivity index (χ0n) is 9.82. The maximum absolute atomic E-state index is 5.89. The van der Waals surface area contributed by atoms with Gasteiger partial charge in [-0.2, -0.15) is 0 Å². The molecule has 0 bridgehead atoms. The van der Waals surface area contributed by atoms with Gasteiger partial charge in [0.15, 0.2) is 16.6 Å². The summed E-state index contributed by atoms with van der Waals surface area (Å²) in [6.07, 6.45) is 1.09. The van der Waals surface area contributed by atoms with Gasteiger partial charge in [-0.05, 0) is 25.0 Å². The first-order valence-electron chi connectivity index (χ1n) is 5.68. The summed E-state index contributed by atoms with van der Waals surface area (Å²) in [6.45, 7) is 4.70. The summed E-state index contributed by atoms with van der Waals surface area (Å²) in [5.41, 5.74) is 7.75. The van der Waals surface area contributed by atoms with Crippen LogP contribution in [-0.4, -0.2) is 17.7 Å². The molecule has 2 N–H and O–H groups in total. The van der Waals surface area contributed by atoms with Crippen molar-refractivity contribution in [3.05, 3.63) is 11.6 Å². The van der Waals surface area contributed by atoms with E-state index in [1.165, 1.54) is 11.3 Å². The number of ether oxygens (including phenoxy) is 2. The lowest BCUT2D eigenvalue weighted by molar-refractivity contribution is 0.0902. The molecule has 0 saturated heterocycles. The van der Waals surface area contributed by atoms with Crippen LogP contribution in [-0.2, 0) is 0 Å². The number of hydrogen-bond donors (Lipinski definition) is 1. The number of rotatable bonds is 1. The zero-order chi connectivity index (χ0) is 12.0. The fraction of sp³-hybridized carbons (Fsp3) is 0.417. The maximum Gasteiger partial charge on any atom is 0.181 e. The Kier molecular flexibility index (Phi) is 2.36. The Balaban J connectivity index is 2.20. The molecule has 2 heterocycles. The van der Waals surface area contributed by atoms with Crippen molar-refractivity contribution in [1.29, 1.82) is 0 Å². The number of nitrogen functional groups attached to an aromatic ring is 1. The zero-order valence-corrected chi connectivity index (χ0v) is 10.6. The minimum atomic E-state index is 0.143. The minimum Gasteiger partial charge on any atom is -0.484 e. The van der Waals surface area contributed by atoms with Gasteiger partial charge in [-0.25, -0.2) is 4.98 Å². The summed E-state index contributed by atoms with van der Waals surface area (Å²) >= 11 is 1.45. The lowest BCUT2D eigenvalue weighted by Crippen LogP contribution is -2.28. The van der Waals surface area contributed by atoms with Crippen molar-refractivity contribution in [2.45, 2.75) is 26.4 Å². The number of fused-ring (bicyclic) bond motifs is 3. The molecule has 0 fully saturated rings. The second-order valence-corrected chi connectivity index (χ2v) is 5.24. The highest BCUT2D eigenvalue weighted by Gasteiger charge is 2.24. The van der Waals surface area contributed by atoms with Crippen molar-refractivity contribution < 1.29 is 9.47 Å². The minimum absolute atomic E-state index is 0.143. The van der Waals surface area contributed by atoms with E-state index in [1.807, 2.05) is 13.0 Å². The molecule has 1 unspecified atom stereocenters. The van der Waals surface area contributed by atoms with Gasteiger partial charge in [0.05, 0.1) is 5.52 Å². The highest BCUT2D eigenvalue weighted by Crippen LogP contribution is 2.43. The van der Waals surface area contributed by atoms with Gasteiger partial charge >= 0.3 is 0 Å². The summed E-state index contributed by atoms with van der Waals surface area (Å²) in [6, 6.07) is 1.98. The number of thiazole rings is 1. The number of aryl methyl sites for hydroxylation is 1. The predicted molar refractivity (Wildman–Crippen MR) is 69.0 cm³/mol. The number of aromatic nitrogens is 1. The molecule has 0 amide bonds. The first kappa shape index (κ1) is 10.7. The van der Waals surface area contributed by atoms with Crippen LogP contribution in [0, 0.1) is 6.92 Å². The van der Waals surface area contributed by atoms with Gasteiger partial charge in [0.2, 0.25) is 0 Å². The van der Waals surface area contributed by atoms with Crippen LogP contribution in [0.2, 0.25) is 0 Å². The third-order valence-electron chi connectivity index (χ3n) is 2.96. The molecule has 1 aromatic heterocycles. The van der Waals surface area contributed by atoms with Crippen molar-refractivity contribution in [2.75, 3.05) is 12.3 Å². The van der Waals surface area contributed by atoms with Gasteiger partial charge in [-0.3, -0.25) is 0 Å². The van der Waals surface area contributed by atoms with Gasteiger partial charge in [0, 0.05) is 0 Å². The molecule has 17 heavy (non-hydrogen) atoms. The second-order valence-electron chi connectivity index (χ2n) is 4.21. The summed E-state index contributed by atoms with van der Waals surface area (Å²) in [7, 11) is 0. The monoisotopic (exact) mass is 250 g/mol. The third-order valence-corrected chi connectivity index (χ3v) is 3.84. The molecule has 5 heteroatoms. The highest BCUT2D eigenvalue weighted by molar-refractivity contribution is 7.22. The summed E-state index contributed by atoms with van der Waals surface area (Å²) in [4.78, 5) is 4.32. The Morgan fingerprint density at radius 1 is 1.59 bits per heavy atom. The summed E-state index contributed by atoms with van der Waals surface area (Å²) < 4.78 is 12.7. The SMILES string of the molecule is CCC1COc2c(cc(C)c3nc(N)sc23)O1. The van der Waals surface area contributed by atoms with Gasteiger partial charge in [0.1, 0.15) is 17.4 Å². The van der Waals surface area contributed by atoms with Gasteiger partial charge in [-0.15, -0.1) is 0 Å². The predicted octanol–water partition coefficient (Wildman–Crippen LogP) is 2.74. The fourth-order valence-corrected chi connectivity index (χ4v) is 2.92. The van der Waals surface area contributed by atoms with E-state index in [4.69, 9.17) is 15.2 Å². The Labute approximate surface area is 103 Å². The fourth-order valence-electron chi connectivity index (χ4n) is 2.02. The van der Waals surface area contributed by atoms with Gasteiger partial charge in [-0.1, -0.05) is 18.3 Å². The normalized spacial score (nSPS) is 18.6. The van der Waals surface area contributed by atoms with E-state index in [0.717, 1.165) is 33.7 Å². The molecule has 2 aromatic rings. The summed E-state index contributed by atoms with van der Waals surface area (Å²) in [5.74, 6) is 1.61. The average Bonchev–Trinajstić information content (AvgIpc) is 2.71. The lowest BCUT2D eigenvalue weighted by atomic mass is 10.1. The molecule has 0 saturated carbocycles. The first-order chi connectivity index (χ1) is 8.19. The molecular weight excluding hydrogens is 236 g/mol. The molecule has 1 aliphatic rings. The molecule has 3 rings (SSSR count). The number of anilines is 1. The van der Waals surface area contributed by atoms with E-state index in [-0.39, 0.29) is 6.10 Å². The Morgan fingerprint density at radius 2 is 2.41 bits per heavy atom. The molecule has 90 valence electrons. The van der Waals surface area contributed by atoms with Crippen molar-refractivity contribution in [1.82, 2.24) is 4.98 Å². The van der Waals surface area contributed by atoms with E-state index in [9.17, 15) is 0 Å².